The predicted molar refractivity (Wildman–Crippen MR) is 211 cm³/mol. The number of methoxy groups -OCH3 is 2. The monoisotopic (exact) mass is 757 g/mol. The quantitative estimate of drug-likeness (QED) is 0.138. The number of hydrogen-bond acceptors (Lipinski definition) is 9. The predicted octanol–water partition coefficient (Wildman–Crippen LogP) is 7.54. The molecule has 0 bridgehead atoms. The number of aromatic nitrogens is 1. The molecule has 5 aromatic carbocycles. The average Bonchev–Trinajstić information content (AvgIpc) is 3.23. The van der Waals surface area contributed by atoms with Crippen molar-refractivity contribution in [3.8, 4) is 11.5 Å². The molecule has 282 valence electrons. The highest BCUT2D eigenvalue weighted by molar-refractivity contribution is 7.93. The zero-order valence-electron chi connectivity index (χ0n) is 30.7. The van der Waals surface area contributed by atoms with Crippen molar-refractivity contribution in [1.29, 1.82) is 0 Å². The SMILES string of the molecule is COc1cc2c(cc1OC)CN(C[C@H]1OC(c3cccc(NS(=O)(=O)c4cccc5cccnc45)c3)O[C@@H](c3ccc(CO)cc3)[C@@H]1c1ccccc1)CC2. The van der Waals surface area contributed by atoms with Gasteiger partial charge in [-0.3, -0.25) is 14.6 Å². The van der Waals surface area contributed by atoms with E-state index in [2.05, 4.69) is 38.9 Å². The minimum atomic E-state index is -3.99. The first-order valence-corrected chi connectivity index (χ1v) is 19.8. The Balaban J connectivity index is 1.14. The van der Waals surface area contributed by atoms with Gasteiger partial charge in [0.25, 0.3) is 10.0 Å². The molecule has 2 aliphatic heterocycles. The molecule has 2 aliphatic rings. The van der Waals surface area contributed by atoms with Crippen LogP contribution in [-0.2, 0) is 39.1 Å². The largest absolute Gasteiger partial charge is 0.493 e. The first-order chi connectivity index (χ1) is 26.8. The highest BCUT2D eigenvalue weighted by atomic mass is 32.2. The van der Waals surface area contributed by atoms with Crippen molar-refractivity contribution in [3.05, 3.63) is 161 Å². The van der Waals surface area contributed by atoms with Crippen molar-refractivity contribution in [2.75, 3.05) is 32.0 Å². The molecule has 1 saturated heterocycles. The van der Waals surface area contributed by atoms with Crippen LogP contribution < -0.4 is 14.2 Å². The van der Waals surface area contributed by atoms with Crippen LogP contribution in [0.3, 0.4) is 0 Å². The van der Waals surface area contributed by atoms with Crippen LogP contribution in [0.4, 0.5) is 5.69 Å². The first-order valence-electron chi connectivity index (χ1n) is 18.3. The summed E-state index contributed by atoms with van der Waals surface area (Å²) in [6.07, 6.45) is 0.856. The third-order valence-electron chi connectivity index (χ3n) is 10.5. The molecule has 8 rings (SSSR count). The Kier molecular flexibility index (Phi) is 10.5. The van der Waals surface area contributed by atoms with Crippen molar-refractivity contribution in [2.45, 2.75) is 48.9 Å². The number of nitrogens with zero attached hydrogens (tertiary/aromatic N) is 2. The minimum absolute atomic E-state index is 0.0626. The Morgan fingerprint density at radius 2 is 1.53 bits per heavy atom. The van der Waals surface area contributed by atoms with E-state index in [1.165, 1.54) is 11.1 Å². The molecular weight excluding hydrogens is 715 g/mol. The van der Waals surface area contributed by atoms with Gasteiger partial charge in [-0.1, -0.05) is 84.9 Å². The lowest BCUT2D eigenvalue weighted by atomic mass is 9.82. The fraction of sp³-hybridized carbons (Fsp3) is 0.250. The Bertz CT molecular complexity index is 2390. The molecule has 0 amide bonds. The summed E-state index contributed by atoms with van der Waals surface area (Å²) in [5, 5.41) is 10.6. The van der Waals surface area contributed by atoms with Crippen molar-refractivity contribution in [2.24, 2.45) is 0 Å². The Morgan fingerprint density at radius 1 is 0.800 bits per heavy atom. The van der Waals surface area contributed by atoms with Crippen molar-refractivity contribution < 1.29 is 32.5 Å². The number of ether oxygens (including phenoxy) is 4. The zero-order chi connectivity index (χ0) is 37.9. The van der Waals surface area contributed by atoms with E-state index < -0.39 is 22.4 Å². The first kappa shape index (κ1) is 36.7. The van der Waals surface area contributed by atoms with Gasteiger partial charge in [-0.15, -0.1) is 0 Å². The van der Waals surface area contributed by atoms with E-state index in [9.17, 15) is 13.5 Å². The summed E-state index contributed by atoms with van der Waals surface area (Å²) in [4.78, 5) is 6.86. The minimum Gasteiger partial charge on any atom is -0.493 e. The Hall–Kier alpha value is -5.30. The number of aliphatic hydroxyl groups excluding tert-OH is 1. The average molecular weight is 758 g/mol. The van der Waals surface area contributed by atoms with Crippen LogP contribution in [0.2, 0.25) is 0 Å². The highest BCUT2D eigenvalue weighted by Crippen LogP contribution is 2.47. The molecule has 1 unspecified atom stereocenters. The van der Waals surface area contributed by atoms with Crippen molar-refractivity contribution in [1.82, 2.24) is 9.88 Å². The number of fused-ring (bicyclic) bond motifs is 2. The summed E-state index contributed by atoms with van der Waals surface area (Å²) < 4.78 is 55.5. The lowest BCUT2D eigenvalue weighted by Crippen LogP contribution is -2.45. The molecule has 0 saturated carbocycles. The molecule has 6 aromatic rings. The van der Waals surface area contributed by atoms with E-state index in [0.29, 0.717) is 35.6 Å². The van der Waals surface area contributed by atoms with Gasteiger partial charge in [0.05, 0.1) is 38.6 Å². The standard InChI is InChI=1S/C44H43N3O7S/c1-51-37-24-33-20-22-47(26-35(33)25-38(37)52-2)27-39-41(30-9-4-3-5-10-30)43(32-18-16-29(28-48)17-19-32)54-44(53-39)34-12-6-14-36(23-34)46-55(49,50)40-15-7-11-31-13-8-21-45-42(31)40/h3-19,21,23-25,39,41,43-44,46,48H,20,22,26-28H2,1-2H3/t39-,41-,43+,44?/m1/s1. The normalized spacial score (nSPS) is 20.1. The maximum absolute atomic E-state index is 13.8. The molecule has 10 nitrogen and oxygen atoms in total. The van der Waals surface area contributed by atoms with Gasteiger partial charge in [-0.25, -0.2) is 8.42 Å². The van der Waals surface area contributed by atoms with Crippen LogP contribution in [0.25, 0.3) is 10.9 Å². The fourth-order valence-corrected chi connectivity index (χ4v) is 9.00. The van der Waals surface area contributed by atoms with E-state index in [1.807, 2.05) is 60.7 Å². The highest BCUT2D eigenvalue weighted by Gasteiger charge is 2.43. The Morgan fingerprint density at radius 3 is 2.29 bits per heavy atom. The molecule has 0 radical (unpaired) electrons. The van der Waals surface area contributed by atoms with Gasteiger partial charge in [-0.05, 0) is 70.6 Å². The summed E-state index contributed by atoms with van der Waals surface area (Å²) in [7, 11) is -0.687. The second kappa shape index (κ2) is 15.8. The van der Waals surface area contributed by atoms with E-state index in [-0.39, 0.29) is 23.5 Å². The van der Waals surface area contributed by atoms with Crippen molar-refractivity contribution >= 4 is 26.6 Å². The van der Waals surface area contributed by atoms with Crippen LogP contribution in [0.15, 0.2) is 132 Å². The maximum Gasteiger partial charge on any atom is 0.264 e. The summed E-state index contributed by atoms with van der Waals surface area (Å²) in [5.74, 6) is 1.24. The molecule has 3 heterocycles. The van der Waals surface area contributed by atoms with Gasteiger partial charge in [0, 0.05) is 48.4 Å². The number of anilines is 1. The van der Waals surface area contributed by atoms with Crippen LogP contribution in [-0.4, -0.2) is 56.8 Å². The summed E-state index contributed by atoms with van der Waals surface area (Å²) in [6, 6.07) is 38.2. The molecule has 0 spiro atoms. The third-order valence-corrected chi connectivity index (χ3v) is 11.9. The number of rotatable bonds is 11. The molecule has 1 aromatic heterocycles. The third kappa shape index (κ3) is 7.67. The topological polar surface area (TPSA) is 119 Å². The van der Waals surface area contributed by atoms with Gasteiger partial charge in [0.15, 0.2) is 17.8 Å². The van der Waals surface area contributed by atoms with Crippen LogP contribution in [0, 0.1) is 0 Å². The summed E-state index contributed by atoms with van der Waals surface area (Å²) in [5.41, 5.74) is 6.70. The number of aliphatic hydroxyl groups is 1. The molecule has 55 heavy (non-hydrogen) atoms. The van der Waals surface area contributed by atoms with Crippen LogP contribution >= 0.6 is 0 Å². The lowest BCUT2D eigenvalue weighted by molar-refractivity contribution is -0.263. The van der Waals surface area contributed by atoms with Gasteiger partial charge >= 0.3 is 0 Å². The molecule has 2 N–H and O–H groups in total. The summed E-state index contributed by atoms with van der Waals surface area (Å²) >= 11 is 0. The van der Waals surface area contributed by atoms with E-state index in [0.717, 1.165) is 40.8 Å². The van der Waals surface area contributed by atoms with Gasteiger partial charge < -0.3 is 24.1 Å². The number of hydrogen-bond donors (Lipinski definition) is 2. The van der Waals surface area contributed by atoms with E-state index in [4.69, 9.17) is 18.9 Å². The molecule has 11 heteroatoms. The summed E-state index contributed by atoms with van der Waals surface area (Å²) in [6.45, 7) is 2.08. The Labute approximate surface area is 321 Å². The number of pyridine rings is 1. The van der Waals surface area contributed by atoms with Gasteiger partial charge in [0.1, 0.15) is 4.90 Å². The van der Waals surface area contributed by atoms with E-state index >= 15 is 0 Å². The number of sulfonamides is 1. The zero-order valence-corrected chi connectivity index (χ0v) is 31.5. The number of para-hydroxylation sites is 1. The molecule has 1 fully saturated rings. The van der Waals surface area contributed by atoms with Crippen LogP contribution in [0.5, 0.6) is 11.5 Å². The number of nitrogens with one attached hydrogen (secondary N) is 1. The molecule has 4 atom stereocenters. The molecular formula is C44H43N3O7S. The second-order valence-corrected chi connectivity index (χ2v) is 15.6. The molecule has 0 aliphatic carbocycles. The van der Waals surface area contributed by atoms with Gasteiger partial charge in [-0.2, -0.15) is 0 Å². The maximum atomic E-state index is 13.8. The van der Waals surface area contributed by atoms with Crippen LogP contribution in [0.1, 0.15) is 51.7 Å². The lowest BCUT2D eigenvalue weighted by Gasteiger charge is -2.45. The second-order valence-electron chi connectivity index (χ2n) is 13.9. The number of benzene rings is 5. The fourth-order valence-electron chi connectivity index (χ4n) is 7.77. The van der Waals surface area contributed by atoms with E-state index in [1.54, 1.807) is 56.8 Å². The van der Waals surface area contributed by atoms with Crippen molar-refractivity contribution in [3.63, 3.8) is 0 Å². The van der Waals surface area contributed by atoms with Gasteiger partial charge in [0.2, 0.25) is 0 Å². The smallest absolute Gasteiger partial charge is 0.264 e.